The van der Waals surface area contributed by atoms with Crippen molar-refractivity contribution in [2.45, 2.75) is 24.8 Å². The first-order chi connectivity index (χ1) is 13.5. The number of aromatic nitrogens is 5. The fraction of sp³-hybridized carbons (Fsp3) is 0.211. The molecule has 0 aliphatic carbocycles. The molecule has 0 aliphatic rings. The number of carbonyl (C=O) groups excluding carboxylic acids is 1. The van der Waals surface area contributed by atoms with Gasteiger partial charge in [-0.2, -0.15) is 0 Å². The first kappa shape index (κ1) is 19.7. The summed E-state index contributed by atoms with van der Waals surface area (Å²) in [6, 6.07) is 7.72. The number of hydrogen-bond donors (Lipinski definition) is 1. The Kier molecular flexibility index (Phi) is 6.15. The molecule has 0 radical (unpaired) electrons. The van der Waals surface area contributed by atoms with Crippen LogP contribution in [0.1, 0.15) is 27.6 Å². The third-order valence-electron chi connectivity index (χ3n) is 3.76. The van der Waals surface area contributed by atoms with Gasteiger partial charge in [0, 0.05) is 23.7 Å². The Bertz CT molecular complexity index is 982. The van der Waals surface area contributed by atoms with Crippen LogP contribution < -0.4 is 5.32 Å². The van der Waals surface area contributed by atoms with Crippen molar-refractivity contribution in [2.24, 2.45) is 0 Å². The van der Waals surface area contributed by atoms with Crippen molar-refractivity contribution < 1.29 is 9.18 Å². The number of nitrogens with one attached hydrogen (secondary N) is 1. The molecule has 0 atom stereocenters. The van der Waals surface area contributed by atoms with E-state index in [0.29, 0.717) is 28.8 Å². The molecule has 144 valence electrons. The number of nitrogens with zero attached hydrogens (tertiary/aromatic N) is 5. The summed E-state index contributed by atoms with van der Waals surface area (Å²) in [6.45, 7) is 7.70. The quantitative estimate of drug-likeness (QED) is 0.374. The Morgan fingerprint density at radius 3 is 2.57 bits per heavy atom. The Hall–Kier alpha value is -3.07. The first-order valence-electron chi connectivity index (χ1n) is 8.52. The Balaban J connectivity index is 1.94. The highest BCUT2D eigenvalue weighted by Gasteiger charge is 2.21. The SMILES string of the molecule is C=CCNC(=O)c1nnn(-c2ccc(F)cc2)c1CSc1nc(C)cc(C)n1. The molecule has 28 heavy (non-hydrogen) atoms. The van der Waals surface area contributed by atoms with Gasteiger partial charge >= 0.3 is 0 Å². The van der Waals surface area contributed by atoms with Crippen molar-refractivity contribution in [3.05, 3.63) is 71.6 Å². The van der Waals surface area contributed by atoms with Crippen molar-refractivity contribution in [3.63, 3.8) is 0 Å². The molecule has 1 aromatic carbocycles. The summed E-state index contributed by atoms with van der Waals surface area (Å²) >= 11 is 1.38. The standard InChI is InChI=1S/C19H19FN6OS/c1-4-9-21-18(27)17-16(11-28-19-22-12(2)10-13(3)23-19)26(25-24-17)15-7-5-14(20)6-8-15/h4-8,10H,1,9,11H2,2-3H3,(H,21,27). The topological polar surface area (TPSA) is 85.6 Å². The lowest BCUT2D eigenvalue weighted by Crippen LogP contribution is -2.25. The molecule has 0 aliphatic heterocycles. The Labute approximate surface area is 166 Å². The first-order valence-corrected chi connectivity index (χ1v) is 9.51. The molecule has 1 N–H and O–H groups in total. The van der Waals surface area contributed by atoms with E-state index in [-0.39, 0.29) is 17.4 Å². The van der Waals surface area contributed by atoms with E-state index in [4.69, 9.17) is 0 Å². The summed E-state index contributed by atoms with van der Waals surface area (Å²) in [6.07, 6.45) is 1.58. The van der Waals surface area contributed by atoms with Crippen LogP contribution >= 0.6 is 11.8 Å². The molecule has 1 amide bonds. The van der Waals surface area contributed by atoms with Crippen LogP contribution in [-0.2, 0) is 5.75 Å². The maximum atomic E-state index is 13.3. The van der Waals surface area contributed by atoms with E-state index in [1.165, 1.54) is 28.6 Å². The van der Waals surface area contributed by atoms with E-state index in [1.54, 1.807) is 18.2 Å². The summed E-state index contributed by atoms with van der Waals surface area (Å²) in [4.78, 5) is 21.3. The average molecular weight is 398 g/mol. The van der Waals surface area contributed by atoms with Crippen LogP contribution in [0.5, 0.6) is 0 Å². The molecule has 0 unspecified atom stereocenters. The van der Waals surface area contributed by atoms with E-state index in [2.05, 4.69) is 32.2 Å². The fourth-order valence-electron chi connectivity index (χ4n) is 2.54. The van der Waals surface area contributed by atoms with Crippen LogP contribution in [0.15, 0.2) is 48.1 Å². The molecule has 0 saturated carbocycles. The zero-order valence-corrected chi connectivity index (χ0v) is 16.3. The van der Waals surface area contributed by atoms with Gasteiger partial charge < -0.3 is 5.32 Å². The normalized spacial score (nSPS) is 10.7. The van der Waals surface area contributed by atoms with Crippen LogP contribution in [0.4, 0.5) is 4.39 Å². The lowest BCUT2D eigenvalue weighted by Gasteiger charge is -2.08. The highest BCUT2D eigenvalue weighted by atomic mass is 32.2. The predicted molar refractivity (Wildman–Crippen MR) is 105 cm³/mol. The second-order valence-corrected chi connectivity index (χ2v) is 6.94. The number of hydrogen-bond acceptors (Lipinski definition) is 6. The van der Waals surface area contributed by atoms with Gasteiger partial charge in [0.25, 0.3) is 5.91 Å². The molecule has 2 heterocycles. The van der Waals surface area contributed by atoms with Gasteiger partial charge in [0.1, 0.15) is 5.82 Å². The highest BCUT2D eigenvalue weighted by molar-refractivity contribution is 7.98. The highest BCUT2D eigenvalue weighted by Crippen LogP contribution is 2.23. The molecule has 9 heteroatoms. The van der Waals surface area contributed by atoms with Gasteiger partial charge in [0.15, 0.2) is 10.9 Å². The molecule has 3 rings (SSSR count). The van der Waals surface area contributed by atoms with Crippen molar-refractivity contribution >= 4 is 17.7 Å². The number of amides is 1. The number of benzene rings is 1. The minimum Gasteiger partial charge on any atom is -0.347 e. The molecule has 3 aromatic rings. The molecular weight excluding hydrogens is 379 g/mol. The van der Waals surface area contributed by atoms with Gasteiger partial charge in [-0.15, -0.1) is 11.7 Å². The van der Waals surface area contributed by atoms with E-state index in [9.17, 15) is 9.18 Å². The monoisotopic (exact) mass is 398 g/mol. The van der Waals surface area contributed by atoms with Crippen LogP contribution in [0.2, 0.25) is 0 Å². The third-order valence-corrected chi connectivity index (χ3v) is 4.61. The van der Waals surface area contributed by atoms with Gasteiger partial charge in [-0.25, -0.2) is 19.0 Å². The van der Waals surface area contributed by atoms with Gasteiger partial charge in [-0.3, -0.25) is 4.79 Å². The lowest BCUT2D eigenvalue weighted by atomic mass is 10.2. The summed E-state index contributed by atoms with van der Waals surface area (Å²) in [5.41, 5.74) is 3.10. The van der Waals surface area contributed by atoms with Gasteiger partial charge in [-0.05, 0) is 44.2 Å². The number of halogens is 1. The van der Waals surface area contributed by atoms with E-state index < -0.39 is 0 Å². The second-order valence-electron chi connectivity index (χ2n) is 5.99. The number of carbonyl (C=O) groups is 1. The molecular formula is C19H19FN6OS. The predicted octanol–water partition coefficient (Wildman–Crippen LogP) is 3.02. The molecule has 0 spiro atoms. The summed E-state index contributed by atoms with van der Waals surface area (Å²) in [5.74, 6) is -0.345. The summed E-state index contributed by atoms with van der Waals surface area (Å²) < 4.78 is 14.8. The molecule has 0 fully saturated rings. The fourth-order valence-corrected chi connectivity index (χ4v) is 3.48. The zero-order chi connectivity index (χ0) is 20.1. The van der Waals surface area contributed by atoms with Crippen LogP contribution in [0.25, 0.3) is 5.69 Å². The van der Waals surface area contributed by atoms with Crippen LogP contribution in [-0.4, -0.2) is 37.4 Å². The van der Waals surface area contributed by atoms with E-state index in [0.717, 1.165) is 11.4 Å². The lowest BCUT2D eigenvalue weighted by molar-refractivity contribution is 0.0952. The summed E-state index contributed by atoms with van der Waals surface area (Å²) in [5, 5.41) is 11.4. The van der Waals surface area contributed by atoms with Gasteiger partial charge in [0.05, 0.1) is 11.4 Å². The van der Waals surface area contributed by atoms with Crippen molar-refractivity contribution in [2.75, 3.05) is 6.54 Å². The smallest absolute Gasteiger partial charge is 0.274 e. The summed E-state index contributed by atoms with van der Waals surface area (Å²) in [7, 11) is 0. The van der Waals surface area contributed by atoms with Gasteiger partial charge in [0.2, 0.25) is 0 Å². The maximum Gasteiger partial charge on any atom is 0.274 e. The van der Waals surface area contributed by atoms with E-state index in [1.807, 2.05) is 19.9 Å². The second kappa shape index (κ2) is 8.75. The third kappa shape index (κ3) is 4.61. The minimum absolute atomic E-state index is 0.197. The molecule has 0 saturated heterocycles. The number of aryl methyl sites for hydroxylation is 2. The van der Waals surface area contributed by atoms with Crippen LogP contribution in [0.3, 0.4) is 0 Å². The molecule has 7 nitrogen and oxygen atoms in total. The largest absolute Gasteiger partial charge is 0.347 e. The Morgan fingerprint density at radius 2 is 1.93 bits per heavy atom. The van der Waals surface area contributed by atoms with Crippen molar-refractivity contribution in [1.29, 1.82) is 0 Å². The number of rotatable bonds is 7. The van der Waals surface area contributed by atoms with Gasteiger partial charge in [-0.1, -0.05) is 23.1 Å². The average Bonchev–Trinajstić information content (AvgIpc) is 3.08. The van der Waals surface area contributed by atoms with Crippen LogP contribution in [0, 0.1) is 19.7 Å². The Morgan fingerprint density at radius 1 is 1.25 bits per heavy atom. The minimum atomic E-state index is -0.356. The van der Waals surface area contributed by atoms with Crippen molar-refractivity contribution in [3.8, 4) is 5.69 Å². The van der Waals surface area contributed by atoms with Crippen molar-refractivity contribution in [1.82, 2.24) is 30.3 Å². The van der Waals surface area contributed by atoms with E-state index >= 15 is 0 Å². The molecule has 0 bridgehead atoms. The zero-order valence-electron chi connectivity index (χ0n) is 15.5. The molecule has 2 aromatic heterocycles. The number of thioether (sulfide) groups is 1. The maximum absolute atomic E-state index is 13.3.